The summed E-state index contributed by atoms with van der Waals surface area (Å²) in [6.45, 7) is 5.73. The average molecular weight is 340 g/mol. The highest BCUT2D eigenvalue weighted by Crippen LogP contribution is 2.26. The van der Waals surface area contributed by atoms with Crippen molar-refractivity contribution < 1.29 is 4.74 Å². The molecule has 7 nitrogen and oxygen atoms in total. The van der Waals surface area contributed by atoms with Crippen LogP contribution in [0.1, 0.15) is 36.6 Å². The van der Waals surface area contributed by atoms with Crippen molar-refractivity contribution in [3.8, 4) is 11.7 Å². The normalized spacial score (nSPS) is 11.2. The highest BCUT2D eigenvalue weighted by atomic mass is 16.5. The molecule has 0 aliphatic heterocycles. The fraction of sp³-hybridized carbons (Fsp3) is 0.389. The van der Waals surface area contributed by atoms with E-state index in [-0.39, 0.29) is 0 Å². The second kappa shape index (κ2) is 7.48. The minimum atomic E-state index is 0.348. The highest BCUT2D eigenvalue weighted by molar-refractivity contribution is 5.34. The molecule has 1 N–H and O–H groups in total. The molecule has 0 bridgehead atoms. The van der Waals surface area contributed by atoms with Gasteiger partial charge in [0, 0.05) is 38.7 Å². The molecule has 0 aliphatic rings. The lowest BCUT2D eigenvalue weighted by molar-refractivity contribution is 0.368. The van der Waals surface area contributed by atoms with Gasteiger partial charge in [-0.3, -0.25) is 4.57 Å². The first-order valence-electron chi connectivity index (χ1n) is 8.34. The first-order valence-corrected chi connectivity index (χ1v) is 8.34. The summed E-state index contributed by atoms with van der Waals surface area (Å²) in [6.07, 6.45) is 7.19. The Balaban J connectivity index is 1.71. The van der Waals surface area contributed by atoms with E-state index in [2.05, 4.69) is 40.3 Å². The Morgan fingerprint density at radius 2 is 2.08 bits per heavy atom. The zero-order valence-electron chi connectivity index (χ0n) is 15.1. The third kappa shape index (κ3) is 3.71. The molecule has 3 aromatic rings. The molecule has 0 saturated heterocycles. The maximum Gasteiger partial charge on any atom is 0.216 e. The van der Waals surface area contributed by atoms with E-state index in [1.165, 1.54) is 0 Å². The predicted molar refractivity (Wildman–Crippen MR) is 95.8 cm³/mol. The van der Waals surface area contributed by atoms with E-state index >= 15 is 0 Å². The maximum absolute atomic E-state index is 5.52. The largest absolute Gasteiger partial charge is 0.481 e. The van der Waals surface area contributed by atoms with Crippen molar-refractivity contribution in [2.75, 3.05) is 7.11 Å². The van der Waals surface area contributed by atoms with Crippen LogP contribution in [0.3, 0.4) is 0 Å². The minimum absolute atomic E-state index is 0.348. The zero-order valence-corrected chi connectivity index (χ0v) is 15.1. The van der Waals surface area contributed by atoms with Gasteiger partial charge in [-0.1, -0.05) is 13.8 Å². The van der Waals surface area contributed by atoms with Crippen LogP contribution in [-0.4, -0.2) is 31.4 Å². The Morgan fingerprint density at radius 1 is 1.24 bits per heavy atom. The summed E-state index contributed by atoms with van der Waals surface area (Å²) in [5.74, 6) is 2.02. The number of aromatic nitrogens is 5. The second-order valence-corrected chi connectivity index (χ2v) is 6.25. The third-order valence-electron chi connectivity index (χ3n) is 4.07. The summed E-state index contributed by atoms with van der Waals surface area (Å²) < 4.78 is 9.21. The molecule has 0 fully saturated rings. The molecule has 0 saturated carbocycles. The molecule has 0 amide bonds. The fourth-order valence-corrected chi connectivity index (χ4v) is 2.90. The maximum atomic E-state index is 5.52. The smallest absolute Gasteiger partial charge is 0.216 e. The SMILES string of the molecule is COc1c(CNCc2ccnc(-n3ccnc3)c2)c(C(C)C)nn1C. The Bertz CT molecular complexity index is 822. The number of pyridine rings is 1. The van der Waals surface area contributed by atoms with Gasteiger partial charge in [-0.15, -0.1) is 0 Å². The lowest BCUT2D eigenvalue weighted by Gasteiger charge is -2.10. The monoisotopic (exact) mass is 340 g/mol. The van der Waals surface area contributed by atoms with Crippen LogP contribution < -0.4 is 10.1 Å². The lowest BCUT2D eigenvalue weighted by atomic mass is 10.1. The van der Waals surface area contributed by atoms with E-state index in [4.69, 9.17) is 4.74 Å². The van der Waals surface area contributed by atoms with Gasteiger partial charge >= 0.3 is 0 Å². The van der Waals surface area contributed by atoms with E-state index in [0.717, 1.165) is 35.1 Å². The summed E-state index contributed by atoms with van der Waals surface area (Å²) in [6, 6.07) is 4.07. The lowest BCUT2D eigenvalue weighted by Crippen LogP contribution is -2.15. The van der Waals surface area contributed by atoms with Crippen LogP contribution in [-0.2, 0) is 20.1 Å². The summed E-state index contributed by atoms with van der Waals surface area (Å²) in [5, 5.41) is 8.07. The number of hydrogen-bond donors (Lipinski definition) is 1. The molecule has 0 spiro atoms. The minimum Gasteiger partial charge on any atom is -0.481 e. The molecule has 0 radical (unpaired) electrons. The van der Waals surface area contributed by atoms with Gasteiger partial charge in [-0.05, 0) is 23.6 Å². The van der Waals surface area contributed by atoms with E-state index in [1.807, 2.05) is 30.1 Å². The molecule has 3 aromatic heterocycles. The fourth-order valence-electron chi connectivity index (χ4n) is 2.90. The number of hydrogen-bond acceptors (Lipinski definition) is 5. The Labute approximate surface area is 147 Å². The van der Waals surface area contributed by atoms with E-state index in [1.54, 1.807) is 24.3 Å². The van der Waals surface area contributed by atoms with Gasteiger partial charge in [0.2, 0.25) is 5.88 Å². The summed E-state index contributed by atoms with van der Waals surface area (Å²) in [7, 11) is 3.60. The molecule has 7 heteroatoms. The van der Waals surface area contributed by atoms with Crippen molar-refractivity contribution in [3.05, 3.63) is 53.9 Å². The van der Waals surface area contributed by atoms with Gasteiger partial charge < -0.3 is 10.1 Å². The van der Waals surface area contributed by atoms with Crippen molar-refractivity contribution in [2.24, 2.45) is 7.05 Å². The molecule has 0 unspecified atom stereocenters. The van der Waals surface area contributed by atoms with Gasteiger partial charge in [0.15, 0.2) is 0 Å². The first-order chi connectivity index (χ1) is 12.1. The second-order valence-electron chi connectivity index (χ2n) is 6.25. The molecule has 132 valence electrons. The van der Waals surface area contributed by atoms with Crippen LogP contribution in [0, 0.1) is 0 Å². The van der Waals surface area contributed by atoms with Crippen LogP contribution in [0.4, 0.5) is 0 Å². The Morgan fingerprint density at radius 3 is 2.76 bits per heavy atom. The van der Waals surface area contributed by atoms with Crippen LogP contribution in [0.2, 0.25) is 0 Å². The molecule has 25 heavy (non-hydrogen) atoms. The topological polar surface area (TPSA) is 69.8 Å². The number of nitrogens with zero attached hydrogens (tertiary/aromatic N) is 5. The summed E-state index contributed by atoms with van der Waals surface area (Å²) in [4.78, 5) is 8.44. The van der Waals surface area contributed by atoms with Crippen molar-refractivity contribution >= 4 is 0 Å². The highest BCUT2D eigenvalue weighted by Gasteiger charge is 2.18. The van der Waals surface area contributed by atoms with Crippen molar-refractivity contribution in [1.29, 1.82) is 0 Å². The van der Waals surface area contributed by atoms with Crippen LogP contribution in [0.25, 0.3) is 5.82 Å². The first kappa shape index (κ1) is 17.2. The van der Waals surface area contributed by atoms with Gasteiger partial charge in [0.05, 0.1) is 18.4 Å². The Hall–Kier alpha value is -2.67. The zero-order chi connectivity index (χ0) is 17.8. The number of ether oxygens (including phenoxy) is 1. The molecule has 0 aromatic carbocycles. The van der Waals surface area contributed by atoms with Crippen LogP contribution in [0.5, 0.6) is 5.88 Å². The standard InChI is InChI=1S/C18H24N6O/c1-13(2)17-15(18(25-4)23(3)22-17)11-20-10-14-5-6-21-16(9-14)24-8-7-19-12-24/h5-9,12-13,20H,10-11H2,1-4H3. The third-order valence-corrected chi connectivity index (χ3v) is 4.07. The quantitative estimate of drug-likeness (QED) is 0.715. The molecular formula is C18H24N6O. The number of methoxy groups -OCH3 is 1. The predicted octanol–water partition coefficient (Wildman–Crippen LogP) is 2.42. The van der Waals surface area contributed by atoms with Crippen molar-refractivity contribution in [2.45, 2.75) is 32.9 Å². The molecule has 0 atom stereocenters. The van der Waals surface area contributed by atoms with E-state index in [9.17, 15) is 0 Å². The van der Waals surface area contributed by atoms with Gasteiger partial charge in [0.25, 0.3) is 0 Å². The van der Waals surface area contributed by atoms with E-state index in [0.29, 0.717) is 12.5 Å². The summed E-state index contributed by atoms with van der Waals surface area (Å²) in [5.41, 5.74) is 3.34. The molecule has 3 rings (SSSR count). The molecule has 0 aliphatic carbocycles. The molecular weight excluding hydrogens is 316 g/mol. The van der Waals surface area contributed by atoms with Crippen LogP contribution in [0.15, 0.2) is 37.1 Å². The number of nitrogens with one attached hydrogen (secondary N) is 1. The summed E-state index contributed by atoms with van der Waals surface area (Å²) >= 11 is 0. The molecule has 3 heterocycles. The van der Waals surface area contributed by atoms with Gasteiger partial charge in [-0.2, -0.15) is 5.10 Å². The van der Waals surface area contributed by atoms with Gasteiger partial charge in [-0.25, -0.2) is 14.6 Å². The van der Waals surface area contributed by atoms with Crippen molar-refractivity contribution in [3.63, 3.8) is 0 Å². The van der Waals surface area contributed by atoms with Gasteiger partial charge in [0.1, 0.15) is 12.1 Å². The van der Waals surface area contributed by atoms with Crippen LogP contribution >= 0.6 is 0 Å². The average Bonchev–Trinajstić information content (AvgIpc) is 3.23. The number of imidazole rings is 1. The number of rotatable bonds is 7. The Kier molecular flexibility index (Phi) is 5.14. The van der Waals surface area contributed by atoms with E-state index < -0.39 is 0 Å². The van der Waals surface area contributed by atoms with Crippen molar-refractivity contribution in [1.82, 2.24) is 29.6 Å². The number of aryl methyl sites for hydroxylation is 1.